The van der Waals surface area contributed by atoms with Crippen LogP contribution in [-0.2, 0) is 14.3 Å². The summed E-state index contributed by atoms with van der Waals surface area (Å²) < 4.78 is 11.5. The molecule has 4 heterocycles. The van der Waals surface area contributed by atoms with Gasteiger partial charge in [0.1, 0.15) is 0 Å². The third-order valence-corrected chi connectivity index (χ3v) is 7.13. The lowest BCUT2D eigenvalue weighted by molar-refractivity contribution is -0.139. The van der Waals surface area contributed by atoms with E-state index < -0.39 is 0 Å². The highest BCUT2D eigenvalue weighted by Crippen LogP contribution is 2.51. The van der Waals surface area contributed by atoms with E-state index in [1.807, 2.05) is 26.6 Å². The molecule has 0 N–H and O–H groups in total. The van der Waals surface area contributed by atoms with Crippen molar-refractivity contribution < 1.29 is 19.1 Å². The minimum atomic E-state index is 0.0443. The largest absolute Gasteiger partial charge is 0.381 e. The van der Waals surface area contributed by atoms with E-state index in [1.54, 1.807) is 11.3 Å². The number of rotatable bonds is 2. The second kappa shape index (κ2) is 6.62. The monoisotopic (exact) mass is 376 g/mol. The normalized spacial score (nSPS) is 36.2. The molecular weight excluding hydrogens is 352 g/mol. The number of amides is 2. The topological polar surface area (TPSA) is 59.1 Å². The average Bonchev–Trinajstić information content (AvgIpc) is 3.01. The number of hydrogen-bond donors (Lipinski definition) is 0. The molecule has 2 amide bonds. The van der Waals surface area contributed by atoms with E-state index in [0.29, 0.717) is 43.4 Å². The van der Waals surface area contributed by atoms with Crippen molar-refractivity contribution in [2.24, 2.45) is 23.7 Å². The summed E-state index contributed by atoms with van der Waals surface area (Å²) in [5, 5.41) is 3.84. The molecule has 1 aliphatic carbocycles. The summed E-state index contributed by atoms with van der Waals surface area (Å²) >= 11 is 1.55. The van der Waals surface area contributed by atoms with Crippen LogP contribution in [0.4, 0.5) is 0 Å². The number of nitrogens with zero attached hydrogens (tertiary/aromatic N) is 2. The lowest BCUT2D eigenvalue weighted by Crippen LogP contribution is -2.50. The average molecular weight is 376 g/mol. The van der Waals surface area contributed by atoms with Crippen LogP contribution in [0.5, 0.6) is 0 Å². The van der Waals surface area contributed by atoms with E-state index in [2.05, 4.69) is 0 Å². The Morgan fingerprint density at radius 2 is 1.96 bits per heavy atom. The molecule has 140 valence electrons. The van der Waals surface area contributed by atoms with Crippen molar-refractivity contribution >= 4 is 23.2 Å². The van der Waals surface area contributed by atoms with Crippen molar-refractivity contribution in [1.82, 2.24) is 9.80 Å². The number of carbonyl (C=O) groups is 2. The second-order valence-corrected chi connectivity index (χ2v) is 8.68. The highest BCUT2D eigenvalue weighted by atomic mass is 32.1. The van der Waals surface area contributed by atoms with Gasteiger partial charge in [-0.25, -0.2) is 0 Å². The van der Waals surface area contributed by atoms with E-state index in [-0.39, 0.29) is 17.9 Å². The van der Waals surface area contributed by atoms with Crippen LogP contribution in [0, 0.1) is 23.7 Å². The molecule has 5 atom stereocenters. The van der Waals surface area contributed by atoms with Crippen molar-refractivity contribution in [3.63, 3.8) is 0 Å². The zero-order valence-corrected chi connectivity index (χ0v) is 15.5. The molecule has 1 unspecified atom stereocenters. The van der Waals surface area contributed by atoms with Gasteiger partial charge >= 0.3 is 0 Å². The van der Waals surface area contributed by atoms with E-state index in [4.69, 9.17) is 9.47 Å². The van der Waals surface area contributed by atoms with Crippen LogP contribution in [0.1, 0.15) is 16.8 Å². The third kappa shape index (κ3) is 2.86. The van der Waals surface area contributed by atoms with Crippen molar-refractivity contribution in [2.75, 3.05) is 46.0 Å². The fourth-order valence-corrected chi connectivity index (χ4v) is 5.45. The van der Waals surface area contributed by atoms with Gasteiger partial charge in [0.25, 0.3) is 5.91 Å². The first-order chi connectivity index (χ1) is 12.7. The summed E-state index contributed by atoms with van der Waals surface area (Å²) in [5.41, 5.74) is 0.767. The van der Waals surface area contributed by atoms with E-state index in [0.717, 1.165) is 38.3 Å². The van der Waals surface area contributed by atoms with Gasteiger partial charge in [-0.15, -0.1) is 0 Å². The van der Waals surface area contributed by atoms with Gasteiger partial charge in [-0.05, 0) is 29.7 Å². The standard InChI is InChI=1S/C19H24N2O4S/c22-18(13-2-6-26-11-13)21-4-5-25-16-8-20(3-1-12(16)7-21)19(23)17-14-9-24-10-15(14)17/h2,6,11-12,14-17H,1,3-5,7-10H2/t12-,14-,15+,16-,17?/m1/s1. The Hall–Kier alpha value is -1.44. The number of carbonyl (C=O) groups excluding carboxylic acids is 2. The Kier molecular flexibility index (Phi) is 4.26. The number of hydrogen-bond acceptors (Lipinski definition) is 5. The number of thiophene rings is 1. The molecule has 7 heteroatoms. The number of ether oxygens (including phenoxy) is 2. The first kappa shape index (κ1) is 16.7. The summed E-state index contributed by atoms with van der Waals surface area (Å²) in [6.07, 6.45) is 0.949. The van der Waals surface area contributed by atoms with Gasteiger partial charge < -0.3 is 19.3 Å². The Morgan fingerprint density at radius 1 is 1.12 bits per heavy atom. The molecule has 3 saturated heterocycles. The maximum atomic E-state index is 12.8. The number of fused-ring (bicyclic) bond motifs is 2. The second-order valence-electron chi connectivity index (χ2n) is 7.90. The van der Waals surface area contributed by atoms with Crippen LogP contribution >= 0.6 is 11.3 Å². The Bertz CT molecular complexity index is 684. The fraction of sp³-hybridized carbons (Fsp3) is 0.684. The minimum Gasteiger partial charge on any atom is -0.381 e. The van der Waals surface area contributed by atoms with E-state index in [1.165, 1.54) is 0 Å². The summed E-state index contributed by atoms with van der Waals surface area (Å²) in [6, 6.07) is 1.88. The first-order valence-corrected chi connectivity index (χ1v) is 10.5. The van der Waals surface area contributed by atoms with Crippen LogP contribution in [0.25, 0.3) is 0 Å². The summed E-state index contributed by atoms with van der Waals surface area (Å²) in [7, 11) is 0. The zero-order valence-electron chi connectivity index (χ0n) is 14.7. The Labute approximate surface area is 157 Å². The van der Waals surface area contributed by atoms with Crippen LogP contribution < -0.4 is 0 Å². The van der Waals surface area contributed by atoms with Crippen molar-refractivity contribution in [1.29, 1.82) is 0 Å². The molecule has 0 radical (unpaired) electrons. The van der Waals surface area contributed by atoms with Gasteiger partial charge in [0, 0.05) is 43.4 Å². The third-order valence-electron chi connectivity index (χ3n) is 6.45. The molecule has 3 aliphatic heterocycles. The summed E-state index contributed by atoms with van der Waals surface area (Å²) in [5.74, 6) is 1.79. The predicted octanol–water partition coefficient (Wildman–Crippen LogP) is 1.33. The van der Waals surface area contributed by atoms with Gasteiger partial charge in [-0.1, -0.05) is 0 Å². The van der Waals surface area contributed by atoms with Crippen LogP contribution in [-0.4, -0.2) is 73.7 Å². The van der Waals surface area contributed by atoms with Crippen LogP contribution in [0.15, 0.2) is 16.8 Å². The molecule has 0 bridgehead atoms. The molecule has 1 saturated carbocycles. The molecule has 0 aromatic carbocycles. The minimum absolute atomic E-state index is 0.0443. The molecular formula is C19H24N2O4S. The highest BCUT2D eigenvalue weighted by Gasteiger charge is 2.59. The molecule has 0 spiro atoms. The van der Waals surface area contributed by atoms with Gasteiger partial charge in [-0.3, -0.25) is 9.59 Å². The predicted molar refractivity (Wildman–Crippen MR) is 95.9 cm³/mol. The van der Waals surface area contributed by atoms with Gasteiger partial charge in [-0.2, -0.15) is 11.3 Å². The quantitative estimate of drug-likeness (QED) is 0.781. The lowest BCUT2D eigenvalue weighted by Gasteiger charge is -2.38. The van der Waals surface area contributed by atoms with Gasteiger partial charge in [0.05, 0.1) is 31.5 Å². The maximum Gasteiger partial charge on any atom is 0.254 e. The van der Waals surface area contributed by atoms with Crippen molar-refractivity contribution in [2.45, 2.75) is 12.5 Å². The summed E-state index contributed by atoms with van der Waals surface area (Å²) in [4.78, 5) is 29.4. The number of piperidine rings is 1. The zero-order chi connectivity index (χ0) is 17.7. The molecule has 26 heavy (non-hydrogen) atoms. The lowest BCUT2D eigenvalue weighted by atomic mass is 9.92. The Balaban J connectivity index is 1.22. The van der Waals surface area contributed by atoms with Crippen LogP contribution in [0.2, 0.25) is 0 Å². The molecule has 6 nitrogen and oxygen atoms in total. The Morgan fingerprint density at radius 3 is 2.73 bits per heavy atom. The van der Waals surface area contributed by atoms with Crippen molar-refractivity contribution in [3.8, 4) is 0 Å². The van der Waals surface area contributed by atoms with E-state index in [9.17, 15) is 9.59 Å². The first-order valence-electron chi connectivity index (χ1n) is 9.52. The molecule has 1 aromatic rings. The SMILES string of the molecule is O=C(c1ccsc1)N1CCO[C@@H]2CN(C(=O)C3[C@H]4COC[C@@H]34)CC[C@@H]2C1. The van der Waals surface area contributed by atoms with Crippen LogP contribution in [0.3, 0.4) is 0 Å². The molecule has 4 fully saturated rings. The van der Waals surface area contributed by atoms with Crippen molar-refractivity contribution in [3.05, 3.63) is 22.4 Å². The van der Waals surface area contributed by atoms with Gasteiger partial charge in [0.15, 0.2) is 0 Å². The fourth-order valence-electron chi connectivity index (χ4n) is 4.82. The molecule has 4 aliphatic rings. The highest BCUT2D eigenvalue weighted by molar-refractivity contribution is 7.08. The molecule has 5 rings (SSSR count). The molecule has 1 aromatic heterocycles. The van der Waals surface area contributed by atoms with Gasteiger partial charge in [0.2, 0.25) is 5.91 Å². The maximum absolute atomic E-state index is 12.8. The summed E-state index contributed by atoms with van der Waals surface area (Å²) in [6.45, 7) is 4.83. The smallest absolute Gasteiger partial charge is 0.254 e. The van der Waals surface area contributed by atoms with E-state index >= 15 is 0 Å². The number of likely N-dealkylation sites (tertiary alicyclic amines) is 1.